The van der Waals surface area contributed by atoms with Crippen molar-refractivity contribution < 1.29 is 24.9 Å². The van der Waals surface area contributed by atoms with Crippen LogP contribution < -0.4 is 23.0 Å². The molecule has 0 saturated carbocycles. The Morgan fingerprint density at radius 2 is 1.27 bits per heavy atom. The van der Waals surface area contributed by atoms with Crippen molar-refractivity contribution >= 4 is 11.9 Å². The van der Waals surface area contributed by atoms with Crippen LogP contribution in [0.4, 0.5) is 0 Å². The zero-order chi connectivity index (χ0) is 31.2. The van der Waals surface area contributed by atoms with E-state index in [9.17, 15) is 9.59 Å². The number of amides is 1. The lowest BCUT2D eigenvalue weighted by atomic mass is 9.98. The minimum atomic E-state index is -0.240. The van der Waals surface area contributed by atoms with E-state index in [4.69, 9.17) is 15.7 Å². The number of aryl methyl sites for hydroxylation is 2. The number of nitrogens with one attached hydrogen (secondary N) is 1. The molecule has 2 atom stereocenters. The summed E-state index contributed by atoms with van der Waals surface area (Å²) in [5.41, 5.74) is 6.21. The molecule has 0 radical (unpaired) electrons. The Morgan fingerprint density at radius 1 is 0.864 bits per heavy atom. The molecule has 2 unspecified atom stereocenters. The summed E-state index contributed by atoms with van der Waals surface area (Å²) in [6, 6.07) is 20.0. The number of methoxy groups -OCH3 is 1. The van der Waals surface area contributed by atoms with E-state index in [2.05, 4.69) is 36.2 Å². The number of aliphatic hydroxyl groups is 1. The second-order valence-electron chi connectivity index (χ2n) is 9.83. The maximum atomic E-state index is 11.8. The summed E-state index contributed by atoms with van der Waals surface area (Å²) in [5.74, 6) is 14.1. The van der Waals surface area contributed by atoms with Crippen LogP contribution in [0.3, 0.4) is 0 Å². The van der Waals surface area contributed by atoms with E-state index >= 15 is 0 Å². The SMILES string of the molecule is CCO.COC(=O)C1CCCn2cc(-c3ccccc3)nc21.NN.NNC(=O)C1CCCn2cc(-c3ccccc3)nc21.O. The predicted molar refractivity (Wildman–Crippen MR) is 168 cm³/mol. The number of nitrogens with two attached hydrogens (primary N) is 3. The van der Waals surface area contributed by atoms with Gasteiger partial charge in [0.05, 0.1) is 24.4 Å². The number of aromatic nitrogens is 4. The van der Waals surface area contributed by atoms with Crippen LogP contribution in [0, 0.1) is 0 Å². The van der Waals surface area contributed by atoms with E-state index in [1.54, 1.807) is 6.92 Å². The Bertz CT molecular complexity index is 1320. The highest BCUT2D eigenvalue weighted by molar-refractivity contribution is 5.82. The summed E-state index contributed by atoms with van der Waals surface area (Å²) in [5, 5.41) is 7.57. The standard InChI is InChI=1S/C15H16N2O2.C14H16N4O.C2H6O.H4N2.H2O/c1-19-15(18)12-8-5-9-17-10-13(16-14(12)17)11-6-3-2-4-7-11;15-17-14(19)11-7-4-8-18-9-12(16-13(11)18)10-5-2-1-3-6-10;1-2-3;1-2;/h2-4,6-7,10,12H,5,8-9H2,1H3;1-3,5-6,9,11H,4,7-8,15H2,(H,17,19);3H,2H2,1H3;1-2H2;1H2. The van der Waals surface area contributed by atoms with Crippen molar-refractivity contribution in [3.05, 3.63) is 84.7 Å². The Morgan fingerprint density at radius 3 is 1.68 bits per heavy atom. The van der Waals surface area contributed by atoms with Crippen LogP contribution in [0.25, 0.3) is 22.5 Å². The summed E-state index contributed by atoms with van der Waals surface area (Å²) < 4.78 is 9.01. The first-order valence-electron chi connectivity index (χ1n) is 14.3. The van der Waals surface area contributed by atoms with E-state index in [0.717, 1.165) is 72.9 Å². The number of imidazole rings is 2. The van der Waals surface area contributed by atoms with Crippen molar-refractivity contribution in [2.45, 2.75) is 57.5 Å². The van der Waals surface area contributed by atoms with Gasteiger partial charge in [0.1, 0.15) is 17.6 Å². The molecule has 4 heterocycles. The number of fused-ring (bicyclic) bond motifs is 2. The third kappa shape index (κ3) is 8.81. The number of hydrogen-bond acceptors (Lipinski definition) is 9. The second kappa shape index (κ2) is 18.3. The number of carbonyl (C=O) groups is 2. The summed E-state index contributed by atoms with van der Waals surface area (Å²) in [4.78, 5) is 32.8. The molecule has 13 nitrogen and oxygen atoms in total. The molecule has 2 aliphatic heterocycles. The Balaban J connectivity index is 0.000000263. The highest BCUT2D eigenvalue weighted by Gasteiger charge is 2.30. The van der Waals surface area contributed by atoms with Crippen LogP contribution in [-0.2, 0) is 27.4 Å². The molecule has 1 amide bonds. The molecule has 2 aliphatic rings. The van der Waals surface area contributed by atoms with Gasteiger partial charge in [0.2, 0.25) is 5.91 Å². The van der Waals surface area contributed by atoms with E-state index in [-0.39, 0.29) is 35.8 Å². The molecule has 0 aliphatic carbocycles. The van der Waals surface area contributed by atoms with Crippen molar-refractivity contribution in [1.82, 2.24) is 24.5 Å². The second-order valence-corrected chi connectivity index (χ2v) is 9.83. The molecule has 238 valence electrons. The number of nitrogens with zero attached hydrogens (tertiary/aromatic N) is 4. The lowest BCUT2D eigenvalue weighted by Crippen LogP contribution is -2.37. The molecule has 13 heteroatoms. The van der Waals surface area contributed by atoms with Crippen molar-refractivity contribution in [1.29, 1.82) is 0 Å². The third-order valence-corrected chi connectivity index (χ3v) is 7.11. The molecular weight excluding hydrogens is 564 g/mol. The molecule has 0 bridgehead atoms. The molecule has 44 heavy (non-hydrogen) atoms. The summed E-state index contributed by atoms with van der Waals surface area (Å²) in [6.07, 6.45) is 7.61. The first-order valence-corrected chi connectivity index (χ1v) is 14.3. The number of rotatable bonds is 4. The lowest BCUT2D eigenvalue weighted by Gasteiger charge is -2.21. The molecule has 0 saturated heterocycles. The monoisotopic (exact) mass is 608 g/mol. The Kier molecular flexibility index (Phi) is 14.9. The maximum Gasteiger partial charge on any atom is 0.316 e. The van der Waals surface area contributed by atoms with Gasteiger partial charge in [-0.1, -0.05) is 60.7 Å². The molecular formula is C31H44N8O5. The zero-order valence-electron chi connectivity index (χ0n) is 25.2. The molecule has 2 aromatic carbocycles. The number of benzene rings is 2. The van der Waals surface area contributed by atoms with E-state index < -0.39 is 0 Å². The fourth-order valence-electron chi connectivity index (χ4n) is 5.18. The molecule has 6 rings (SSSR count). The first-order chi connectivity index (χ1) is 21.0. The maximum absolute atomic E-state index is 11.8. The van der Waals surface area contributed by atoms with Crippen molar-refractivity contribution in [3.8, 4) is 22.5 Å². The van der Waals surface area contributed by atoms with Crippen LogP contribution >= 0.6 is 0 Å². The van der Waals surface area contributed by atoms with Crippen molar-refractivity contribution in [2.24, 2.45) is 17.5 Å². The number of hydrazine groups is 2. The average Bonchev–Trinajstić information content (AvgIpc) is 3.71. The fourth-order valence-corrected chi connectivity index (χ4v) is 5.18. The normalized spacial score (nSPS) is 16.0. The molecule has 2 aromatic heterocycles. The largest absolute Gasteiger partial charge is 0.468 e. The smallest absolute Gasteiger partial charge is 0.316 e. The molecule has 10 N–H and O–H groups in total. The Hall–Kier alpha value is -4.40. The number of aliphatic hydroxyl groups excluding tert-OH is 1. The van der Waals surface area contributed by atoms with Gasteiger partial charge in [-0.15, -0.1) is 0 Å². The minimum absolute atomic E-state index is 0. The molecule has 4 aromatic rings. The van der Waals surface area contributed by atoms with Gasteiger partial charge in [-0.25, -0.2) is 15.8 Å². The minimum Gasteiger partial charge on any atom is -0.468 e. The van der Waals surface area contributed by atoms with Gasteiger partial charge in [0.15, 0.2) is 0 Å². The van der Waals surface area contributed by atoms with E-state index in [0.29, 0.717) is 0 Å². The first kappa shape index (κ1) is 35.8. The molecule has 0 spiro atoms. The van der Waals surface area contributed by atoms with E-state index in [1.165, 1.54) is 7.11 Å². The third-order valence-electron chi connectivity index (χ3n) is 7.11. The highest BCUT2D eigenvalue weighted by atomic mass is 16.5. The number of hydrogen-bond donors (Lipinski definition) is 5. The van der Waals surface area contributed by atoms with Gasteiger partial charge in [-0.3, -0.25) is 26.7 Å². The quantitative estimate of drug-likeness (QED) is 0.0988. The van der Waals surface area contributed by atoms with E-state index in [1.807, 2.05) is 73.1 Å². The van der Waals surface area contributed by atoms with Gasteiger partial charge in [0.25, 0.3) is 0 Å². The Labute approximate surface area is 257 Å². The van der Waals surface area contributed by atoms with Gasteiger partial charge < -0.3 is 24.5 Å². The average molecular weight is 609 g/mol. The predicted octanol–water partition coefficient (Wildman–Crippen LogP) is 2.01. The highest BCUT2D eigenvalue weighted by Crippen LogP contribution is 2.31. The van der Waals surface area contributed by atoms with Crippen LogP contribution in [0.5, 0.6) is 0 Å². The van der Waals surface area contributed by atoms with Gasteiger partial charge in [0, 0.05) is 43.2 Å². The van der Waals surface area contributed by atoms with Crippen molar-refractivity contribution in [2.75, 3.05) is 13.7 Å². The summed E-state index contributed by atoms with van der Waals surface area (Å²) in [7, 11) is 1.43. The summed E-state index contributed by atoms with van der Waals surface area (Å²) >= 11 is 0. The van der Waals surface area contributed by atoms with Crippen LogP contribution in [0.15, 0.2) is 73.1 Å². The van der Waals surface area contributed by atoms with Crippen LogP contribution in [-0.4, -0.2) is 55.3 Å². The zero-order valence-corrected chi connectivity index (χ0v) is 25.2. The number of esters is 1. The van der Waals surface area contributed by atoms with Gasteiger partial charge in [-0.05, 0) is 32.6 Å². The molecule has 0 fully saturated rings. The lowest BCUT2D eigenvalue weighted by molar-refractivity contribution is -0.143. The number of carbonyl (C=O) groups excluding carboxylic acids is 2. The van der Waals surface area contributed by atoms with Gasteiger partial charge >= 0.3 is 5.97 Å². The van der Waals surface area contributed by atoms with Crippen molar-refractivity contribution in [3.63, 3.8) is 0 Å². The summed E-state index contributed by atoms with van der Waals surface area (Å²) in [6.45, 7) is 3.76. The van der Waals surface area contributed by atoms with Crippen LogP contribution in [0.1, 0.15) is 56.1 Å². The van der Waals surface area contributed by atoms with Gasteiger partial charge in [-0.2, -0.15) is 0 Å². The van der Waals surface area contributed by atoms with Crippen LogP contribution in [0.2, 0.25) is 0 Å². The fraction of sp³-hybridized carbons (Fsp3) is 0.355. The number of ether oxygens (including phenoxy) is 1. The topological polar surface area (TPSA) is 221 Å².